The van der Waals surface area contributed by atoms with Crippen LogP contribution in [0.2, 0.25) is 0 Å². The summed E-state index contributed by atoms with van der Waals surface area (Å²) in [5.74, 6) is 1.97. The van der Waals surface area contributed by atoms with Crippen LogP contribution in [0.15, 0.2) is 72.8 Å². The standard InChI is InChI=1S/C33H45N9O9S3/c1-40(52(4,43)44)16-19-49-28-13-7-10-25(22-28)34-31-37-32(35-26-11-8-14-29(23-26)50-20-17-41(2)53(5,45)46)39-33(38-31)36-27-12-9-15-30(24-27)51-21-18-42(3)54(6,47)48/h7-15,22-24H,16-21H2,1-6H3,(H3,34,35,36,37,38,39). The fourth-order valence-electron chi connectivity index (χ4n) is 4.30. The van der Waals surface area contributed by atoms with Crippen LogP contribution in [0.25, 0.3) is 0 Å². The molecule has 0 saturated carbocycles. The van der Waals surface area contributed by atoms with Gasteiger partial charge in [-0.1, -0.05) is 18.2 Å². The molecule has 54 heavy (non-hydrogen) atoms. The van der Waals surface area contributed by atoms with Crippen molar-refractivity contribution in [3.05, 3.63) is 72.8 Å². The third-order valence-corrected chi connectivity index (χ3v) is 11.6. The monoisotopic (exact) mass is 807 g/mol. The third kappa shape index (κ3) is 13.9. The van der Waals surface area contributed by atoms with Crippen molar-refractivity contribution in [3.8, 4) is 17.2 Å². The number of aromatic nitrogens is 3. The smallest absolute Gasteiger partial charge is 0.233 e. The first-order valence-electron chi connectivity index (χ1n) is 16.3. The van der Waals surface area contributed by atoms with Gasteiger partial charge in [-0.15, -0.1) is 0 Å². The molecule has 18 nitrogen and oxygen atoms in total. The Morgan fingerprint density at radius 3 is 0.981 bits per heavy atom. The second-order valence-corrected chi connectivity index (χ2v) is 18.3. The van der Waals surface area contributed by atoms with Crippen molar-refractivity contribution in [2.75, 3.05) is 95.3 Å². The van der Waals surface area contributed by atoms with Gasteiger partial charge >= 0.3 is 0 Å². The highest BCUT2D eigenvalue weighted by molar-refractivity contribution is 7.88. The number of likely N-dealkylation sites (N-methyl/N-ethyl adjacent to an activating group) is 3. The zero-order valence-corrected chi connectivity index (χ0v) is 33.2. The van der Waals surface area contributed by atoms with Crippen molar-refractivity contribution in [1.29, 1.82) is 0 Å². The van der Waals surface area contributed by atoms with E-state index >= 15 is 0 Å². The molecule has 21 heteroatoms. The molecule has 0 amide bonds. The Labute approximate surface area is 316 Å². The molecule has 294 valence electrons. The minimum Gasteiger partial charge on any atom is -0.492 e. The van der Waals surface area contributed by atoms with Gasteiger partial charge in [0.15, 0.2) is 0 Å². The van der Waals surface area contributed by atoms with Crippen molar-refractivity contribution in [1.82, 2.24) is 27.9 Å². The zero-order chi connectivity index (χ0) is 39.5. The molecule has 0 spiro atoms. The first-order valence-corrected chi connectivity index (χ1v) is 21.9. The predicted octanol–water partition coefficient (Wildman–Crippen LogP) is 2.91. The molecule has 4 rings (SSSR count). The largest absolute Gasteiger partial charge is 0.492 e. The van der Waals surface area contributed by atoms with Gasteiger partial charge < -0.3 is 30.2 Å². The summed E-state index contributed by atoms with van der Waals surface area (Å²) >= 11 is 0. The van der Waals surface area contributed by atoms with Crippen LogP contribution in [0.1, 0.15) is 0 Å². The SMILES string of the molecule is CN(CCOc1cccc(Nc2nc(Nc3cccc(OCCN(C)S(C)(=O)=O)c3)nc(Nc3cccc(OCCN(C)S(C)(=O)=O)c3)n2)c1)S(C)(=O)=O. The number of sulfonamides is 3. The molecule has 1 heterocycles. The maximum Gasteiger partial charge on any atom is 0.233 e. The quantitative estimate of drug-likeness (QED) is 0.110. The number of rotatable bonds is 21. The summed E-state index contributed by atoms with van der Waals surface area (Å²) in [7, 11) is -5.60. The Morgan fingerprint density at radius 2 is 0.741 bits per heavy atom. The average Bonchev–Trinajstić information content (AvgIpc) is 3.07. The van der Waals surface area contributed by atoms with Crippen LogP contribution in [0.5, 0.6) is 17.2 Å². The number of hydrogen-bond acceptors (Lipinski definition) is 15. The maximum atomic E-state index is 11.7. The van der Waals surface area contributed by atoms with Gasteiger partial charge in [-0.2, -0.15) is 15.0 Å². The van der Waals surface area contributed by atoms with E-state index in [0.717, 1.165) is 18.8 Å². The number of ether oxygens (including phenoxy) is 3. The molecule has 4 aromatic rings. The fourth-order valence-corrected chi connectivity index (χ4v) is 5.51. The molecule has 3 N–H and O–H groups in total. The van der Waals surface area contributed by atoms with Crippen molar-refractivity contribution in [2.24, 2.45) is 0 Å². The highest BCUT2D eigenvalue weighted by atomic mass is 32.2. The molecule has 0 aliphatic rings. The van der Waals surface area contributed by atoms with E-state index in [-0.39, 0.29) is 57.3 Å². The molecule has 0 radical (unpaired) electrons. The third-order valence-electron chi connectivity index (χ3n) is 7.63. The molecule has 0 saturated heterocycles. The molecule has 0 bridgehead atoms. The van der Waals surface area contributed by atoms with E-state index in [1.165, 1.54) is 34.1 Å². The minimum atomic E-state index is -3.34. The van der Waals surface area contributed by atoms with Crippen LogP contribution in [0.4, 0.5) is 34.9 Å². The molecule has 0 atom stereocenters. The number of nitrogens with zero attached hydrogens (tertiary/aromatic N) is 6. The van der Waals surface area contributed by atoms with Gasteiger partial charge in [-0.25, -0.2) is 38.2 Å². The first kappa shape index (κ1) is 41.9. The second kappa shape index (κ2) is 18.5. The van der Waals surface area contributed by atoms with Gasteiger partial charge in [0.1, 0.15) is 37.1 Å². The lowest BCUT2D eigenvalue weighted by molar-refractivity contribution is 0.287. The van der Waals surface area contributed by atoms with Gasteiger partial charge in [0, 0.05) is 76.0 Å². The molecular formula is C33H45N9O9S3. The molecule has 0 aliphatic heterocycles. The first-order chi connectivity index (χ1) is 25.3. The summed E-state index contributed by atoms with van der Waals surface area (Å²) in [5, 5.41) is 9.48. The Bertz CT molecular complexity index is 1950. The summed E-state index contributed by atoms with van der Waals surface area (Å²) < 4.78 is 91.2. The van der Waals surface area contributed by atoms with Crippen molar-refractivity contribution in [3.63, 3.8) is 0 Å². The van der Waals surface area contributed by atoms with E-state index in [4.69, 9.17) is 14.2 Å². The molecule has 1 aromatic heterocycles. The van der Waals surface area contributed by atoms with E-state index < -0.39 is 30.1 Å². The number of anilines is 6. The summed E-state index contributed by atoms with van der Waals surface area (Å²) in [4.78, 5) is 13.7. The maximum absolute atomic E-state index is 11.7. The lowest BCUT2D eigenvalue weighted by Gasteiger charge is -2.16. The lowest BCUT2D eigenvalue weighted by atomic mass is 10.3. The minimum absolute atomic E-state index is 0.134. The average molecular weight is 808 g/mol. The fraction of sp³-hybridized carbons (Fsp3) is 0.364. The van der Waals surface area contributed by atoms with Gasteiger partial charge in [0.25, 0.3) is 0 Å². The summed E-state index contributed by atoms with van der Waals surface area (Å²) in [6.45, 7) is 0.908. The Morgan fingerprint density at radius 1 is 0.481 bits per heavy atom. The van der Waals surface area contributed by atoms with Crippen LogP contribution in [0, 0.1) is 0 Å². The van der Waals surface area contributed by atoms with E-state index in [1.807, 2.05) is 0 Å². The van der Waals surface area contributed by atoms with Crippen LogP contribution in [0.3, 0.4) is 0 Å². The van der Waals surface area contributed by atoms with Gasteiger partial charge in [0.2, 0.25) is 47.9 Å². The van der Waals surface area contributed by atoms with Crippen LogP contribution in [-0.2, 0) is 30.1 Å². The molecule has 3 aromatic carbocycles. The van der Waals surface area contributed by atoms with Crippen molar-refractivity contribution < 1.29 is 39.5 Å². The highest BCUT2D eigenvalue weighted by Gasteiger charge is 2.14. The lowest BCUT2D eigenvalue weighted by Crippen LogP contribution is -2.29. The number of nitrogens with one attached hydrogen (secondary N) is 3. The van der Waals surface area contributed by atoms with Crippen molar-refractivity contribution in [2.45, 2.75) is 0 Å². The number of benzene rings is 3. The van der Waals surface area contributed by atoms with Crippen LogP contribution < -0.4 is 30.2 Å². The molecule has 0 fully saturated rings. The van der Waals surface area contributed by atoms with Crippen LogP contribution >= 0.6 is 0 Å². The van der Waals surface area contributed by atoms with Gasteiger partial charge in [-0.3, -0.25) is 0 Å². The Balaban J connectivity index is 1.54. The Hall–Kier alpha value is -4.80. The van der Waals surface area contributed by atoms with Crippen LogP contribution in [-0.4, -0.2) is 132 Å². The predicted molar refractivity (Wildman–Crippen MR) is 208 cm³/mol. The van der Waals surface area contributed by atoms with E-state index in [2.05, 4.69) is 30.9 Å². The van der Waals surface area contributed by atoms with Gasteiger partial charge in [-0.05, 0) is 36.4 Å². The normalized spacial score (nSPS) is 12.2. The zero-order valence-electron chi connectivity index (χ0n) is 30.8. The Kier molecular flexibility index (Phi) is 14.4. The summed E-state index contributed by atoms with van der Waals surface area (Å²) in [6, 6.07) is 21.0. The second-order valence-electron chi connectivity index (χ2n) is 12.1. The molecule has 0 unspecified atom stereocenters. The van der Waals surface area contributed by atoms with E-state index in [1.54, 1.807) is 72.8 Å². The molecule has 0 aliphatic carbocycles. The summed E-state index contributed by atoms with van der Waals surface area (Å²) in [6.07, 6.45) is 3.38. The summed E-state index contributed by atoms with van der Waals surface area (Å²) in [5.41, 5.74) is 1.74. The molecular weight excluding hydrogens is 763 g/mol. The highest BCUT2D eigenvalue weighted by Crippen LogP contribution is 2.26. The van der Waals surface area contributed by atoms with Crippen molar-refractivity contribution >= 4 is 65.0 Å². The van der Waals surface area contributed by atoms with E-state index in [0.29, 0.717) is 34.3 Å². The number of hydrogen-bond donors (Lipinski definition) is 3. The topological polar surface area (TPSA) is 215 Å². The van der Waals surface area contributed by atoms with E-state index in [9.17, 15) is 25.3 Å². The van der Waals surface area contributed by atoms with Gasteiger partial charge in [0.05, 0.1) is 18.8 Å².